The summed E-state index contributed by atoms with van der Waals surface area (Å²) in [5.41, 5.74) is 0. The van der Waals surface area contributed by atoms with Gasteiger partial charge in [0.2, 0.25) is 11.9 Å². The zero-order valence-electron chi connectivity index (χ0n) is 13.0. The van der Waals surface area contributed by atoms with Gasteiger partial charge in [0, 0.05) is 13.6 Å². The maximum absolute atomic E-state index is 9.52. The van der Waals surface area contributed by atoms with Crippen LogP contribution >= 0.6 is 0 Å². The lowest BCUT2D eigenvalue weighted by molar-refractivity contribution is 0.111. The van der Waals surface area contributed by atoms with Crippen LogP contribution in [0, 0.1) is 5.92 Å². The van der Waals surface area contributed by atoms with E-state index in [9.17, 15) is 5.11 Å². The molecule has 1 aromatic rings. The molecule has 3 N–H and O–H groups in total. The topological polar surface area (TPSA) is 92.2 Å². The highest BCUT2D eigenvalue weighted by molar-refractivity contribution is 5.35. The Bertz CT molecular complexity index is 447. The molecule has 0 aliphatic heterocycles. The minimum absolute atomic E-state index is 0.0183. The standard InChI is InChI=1S/C14H25N5O2/c1-9(2)21-14-18-12(15-3)17-13(19-14)16-8-10-4-6-11(20)7-5-10/h9-11,20H,4-8H2,1-3H3,(H2,15,16,17,18,19). The highest BCUT2D eigenvalue weighted by atomic mass is 16.5. The molecule has 0 aromatic carbocycles. The normalized spacial score (nSPS) is 22.1. The summed E-state index contributed by atoms with van der Waals surface area (Å²) in [6, 6.07) is 0.325. The third-order valence-corrected chi connectivity index (χ3v) is 3.54. The fraction of sp³-hybridized carbons (Fsp3) is 0.786. The second-order valence-electron chi connectivity index (χ2n) is 5.74. The molecule has 1 aliphatic carbocycles. The van der Waals surface area contributed by atoms with Crippen molar-refractivity contribution in [3.05, 3.63) is 0 Å². The summed E-state index contributed by atoms with van der Waals surface area (Å²) in [5.74, 6) is 1.57. The molecule has 0 atom stereocenters. The number of aliphatic hydroxyl groups excluding tert-OH is 1. The van der Waals surface area contributed by atoms with E-state index in [1.54, 1.807) is 7.05 Å². The van der Waals surface area contributed by atoms with E-state index >= 15 is 0 Å². The Morgan fingerprint density at radius 1 is 1.14 bits per heavy atom. The minimum Gasteiger partial charge on any atom is -0.461 e. The molecule has 1 saturated carbocycles. The largest absolute Gasteiger partial charge is 0.461 e. The molecule has 0 unspecified atom stereocenters. The fourth-order valence-corrected chi connectivity index (χ4v) is 2.40. The molecule has 1 heterocycles. The lowest BCUT2D eigenvalue weighted by Gasteiger charge is -2.25. The molecule has 1 aromatic heterocycles. The molecule has 7 heteroatoms. The van der Waals surface area contributed by atoms with Crippen LogP contribution in [0.15, 0.2) is 0 Å². The van der Waals surface area contributed by atoms with Crippen molar-refractivity contribution in [3.8, 4) is 6.01 Å². The zero-order chi connectivity index (χ0) is 15.2. The number of nitrogens with one attached hydrogen (secondary N) is 2. The molecule has 7 nitrogen and oxygen atoms in total. The highest BCUT2D eigenvalue weighted by Gasteiger charge is 2.19. The summed E-state index contributed by atoms with van der Waals surface area (Å²) in [4.78, 5) is 12.7. The van der Waals surface area contributed by atoms with Crippen LogP contribution in [-0.4, -0.2) is 45.9 Å². The van der Waals surface area contributed by atoms with Crippen LogP contribution in [0.5, 0.6) is 6.01 Å². The van der Waals surface area contributed by atoms with E-state index in [2.05, 4.69) is 25.6 Å². The van der Waals surface area contributed by atoms with Gasteiger partial charge >= 0.3 is 6.01 Å². The maximum Gasteiger partial charge on any atom is 0.323 e. The molecule has 118 valence electrons. The Labute approximate surface area is 125 Å². The van der Waals surface area contributed by atoms with E-state index in [1.165, 1.54) is 0 Å². The second-order valence-corrected chi connectivity index (χ2v) is 5.74. The number of anilines is 2. The number of nitrogens with zero attached hydrogens (tertiary/aromatic N) is 3. The Kier molecular flexibility index (Phi) is 5.55. The number of aliphatic hydroxyl groups is 1. The van der Waals surface area contributed by atoms with Gasteiger partial charge < -0.3 is 20.5 Å². The van der Waals surface area contributed by atoms with Crippen LogP contribution in [0.3, 0.4) is 0 Å². The molecule has 2 rings (SSSR count). The van der Waals surface area contributed by atoms with Crippen molar-refractivity contribution >= 4 is 11.9 Å². The maximum atomic E-state index is 9.52. The first kappa shape index (κ1) is 15.8. The van der Waals surface area contributed by atoms with Gasteiger partial charge in [-0.1, -0.05) is 0 Å². The molecule has 21 heavy (non-hydrogen) atoms. The van der Waals surface area contributed by atoms with Gasteiger partial charge in [-0.2, -0.15) is 15.0 Å². The molecular formula is C14H25N5O2. The third kappa shape index (κ3) is 5.00. The Hall–Kier alpha value is -1.63. The van der Waals surface area contributed by atoms with Crippen molar-refractivity contribution in [2.45, 2.75) is 51.7 Å². The Morgan fingerprint density at radius 2 is 1.81 bits per heavy atom. The average Bonchev–Trinajstić information content (AvgIpc) is 2.45. The van der Waals surface area contributed by atoms with Gasteiger partial charge in [0.1, 0.15) is 0 Å². The van der Waals surface area contributed by atoms with Crippen molar-refractivity contribution in [2.24, 2.45) is 5.92 Å². The minimum atomic E-state index is -0.125. The molecular weight excluding hydrogens is 270 g/mol. The van der Waals surface area contributed by atoms with Crippen molar-refractivity contribution in [2.75, 3.05) is 24.2 Å². The van der Waals surface area contributed by atoms with Gasteiger partial charge in [-0.05, 0) is 45.4 Å². The SMILES string of the molecule is CNc1nc(NCC2CCC(O)CC2)nc(OC(C)C)n1. The summed E-state index contributed by atoms with van der Waals surface area (Å²) < 4.78 is 5.53. The summed E-state index contributed by atoms with van der Waals surface area (Å²) in [6.07, 6.45) is 3.73. The Balaban J connectivity index is 1.95. The summed E-state index contributed by atoms with van der Waals surface area (Å²) in [7, 11) is 1.76. The number of hydrogen-bond acceptors (Lipinski definition) is 7. The van der Waals surface area contributed by atoms with Gasteiger partial charge in [0.15, 0.2) is 0 Å². The van der Waals surface area contributed by atoms with Crippen molar-refractivity contribution < 1.29 is 9.84 Å². The van der Waals surface area contributed by atoms with E-state index in [4.69, 9.17) is 4.74 Å². The summed E-state index contributed by atoms with van der Waals surface area (Å²) in [6.45, 7) is 4.67. The summed E-state index contributed by atoms with van der Waals surface area (Å²) >= 11 is 0. The monoisotopic (exact) mass is 295 g/mol. The fourth-order valence-electron chi connectivity index (χ4n) is 2.40. The summed E-state index contributed by atoms with van der Waals surface area (Å²) in [5, 5.41) is 15.7. The first-order valence-corrected chi connectivity index (χ1v) is 7.59. The first-order chi connectivity index (χ1) is 10.1. The van der Waals surface area contributed by atoms with E-state index < -0.39 is 0 Å². The third-order valence-electron chi connectivity index (χ3n) is 3.54. The van der Waals surface area contributed by atoms with Crippen molar-refractivity contribution in [3.63, 3.8) is 0 Å². The number of ether oxygens (including phenoxy) is 1. The van der Waals surface area contributed by atoms with Crippen LogP contribution in [0.25, 0.3) is 0 Å². The molecule has 0 saturated heterocycles. The lowest BCUT2D eigenvalue weighted by atomic mass is 9.87. The van der Waals surface area contributed by atoms with Crippen LogP contribution < -0.4 is 15.4 Å². The van der Waals surface area contributed by atoms with Crippen molar-refractivity contribution in [1.82, 2.24) is 15.0 Å². The lowest BCUT2D eigenvalue weighted by Crippen LogP contribution is -2.24. The zero-order valence-corrected chi connectivity index (χ0v) is 13.0. The number of aromatic nitrogens is 3. The van der Waals surface area contributed by atoms with Gasteiger partial charge in [-0.3, -0.25) is 0 Å². The molecule has 0 bridgehead atoms. The molecule has 0 amide bonds. The molecule has 0 spiro atoms. The van der Waals surface area contributed by atoms with Gasteiger partial charge in [-0.15, -0.1) is 0 Å². The van der Waals surface area contributed by atoms with Crippen molar-refractivity contribution in [1.29, 1.82) is 0 Å². The predicted octanol–water partition coefficient (Wildman–Crippen LogP) is 1.66. The van der Waals surface area contributed by atoms with E-state index in [1.807, 2.05) is 13.8 Å². The Morgan fingerprint density at radius 3 is 2.43 bits per heavy atom. The van der Waals surface area contributed by atoms with Crippen LogP contribution in [0.2, 0.25) is 0 Å². The molecule has 1 fully saturated rings. The van der Waals surface area contributed by atoms with Gasteiger partial charge in [-0.25, -0.2) is 0 Å². The van der Waals surface area contributed by atoms with Crippen LogP contribution in [0.1, 0.15) is 39.5 Å². The second kappa shape index (κ2) is 7.40. The highest BCUT2D eigenvalue weighted by Crippen LogP contribution is 2.24. The van der Waals surface area contributed by atoms with E-state index in [0.29, 0.717) is 23.8 Å². The molecule has 1 aliphatic rings. The van der Waals surface area contributed by atoms with Gasteiger partial charge in [0.05, 0.1) is 12.2 Å². The predicted molar refractivity (Wildman–Crippen MR) is 81.6 cm³/mol. The average molecular weight is 295 g/mol. The smallest absolute Gasteiger partial charge is 0.323 e. The van der Waals surface area contributed by atoms with Crippen LogP contribution in [0.4, 0.5) is 11.9 Å². The quantitative estimate of drug-likeness (QED) is 0.735. The van der Waals surface area contributed by atoms with Gasteiger partial charge in [0.25, 0.3) is 0 Å². The van der Waals surface area contributed by atoms with E-state index in [-0.39, 0.29) is 12.2 Å². The van der Waals surface area contributed by atoms with Crippen LogP contribution in [-0.2, 0) is 0 Å². The number of rotatable bonds is 6. The molecule has 0 radical (unpaired) electrons. The van der Waals surface area contributed by atoms with E-state index in [0.717, 1.165) is 32.2 Å². The first-order valence-electron chi connectivity index (χ1n) is 7.59. The number of hydrogen-bond donors (Lipinski definition) is 3.